The maximum absolute atomic E-state index is 11.7. The molecule has 0 radical (unpaired) electrons. The molecular formula is C17H18N2O5S. The summed E-state index contributed by atoms with van der Waals surface area (Å²) in [4.78, 5) is 12.8. The van der Waals surface area contributed by atoms with Gasteiger partial charge in [-0.1, -0.05) is 6.07 Å². The predicted octanol–water partition coefficient (Wildman–Crippen LogP) is 2.57. The number of fused-ring (bicyclic) bond motifs is 1. The highest BCUT2D eigenvalue weighted by atomic mass is 32.2. The zero-order valence-corrected chi connectivity index (χ0v) is 14.7. The van der Waals surface area contributed by atoms with Gasteiger partial charge in [0.15, 0.2) is 9.84 Å². The number of methoxy groups -OCH3 is 1. The van der Waals surface area contributed by atoms with E-state index in [1.54, 1.807) is 7.11 Å². The van der Waals surface area contributed by atoms with Crippen molar-refractivity contribution >= 4 is 21.2 Å². The monoisotopic (exact) mass is 362 g/mol. The molecular weight excluding hydrogens is 344 g/mol. The average Bonchev–Trinajstić information content (AvgIpc) is 2.59. The third kappa shape index (κ3) is 3.43. The second-order valence-electron chi connectivity index (χ2n) is 5.99. The molecule has 0 saturated heterocycles. The van der Waals surface area contributed by atoms with E-state index in [1.165, 1.54) is 17.7 Å². The van der Waals surface area contributed by atoms with Crippen LogP contribution in [0, 0.1) is 10.1 Å². The quantitative estimate of drug-likeness (QED) is 0.613. The molecule has 0 amide bonds. The fourth-order valence-electron chi connectivity index (χ4n) is 3.01. The smallest absolute Gasteiger partial charge is 0.293 e. The number of nitrogens with zero attached hydrogens (tertiary/aromatic N) is 2. The molecule has 0 unspecified atom stereocenters. The maximum atomic E-state index is 11.7. The Morgan fingerprint density at radius 2 is 1.92 bits per heavy atom. The molecule has 2 aromatic rings. The summed E-state index contributed by atoms with van der Waals surface area (Å²) in [5.74, 6) is 0.738. The lowest BCUT2D eigenvalue weighted by Crippen LogP contribution is -2.30. The Balaban J connectivity index is 2.00. The number of hydrogen-bond donors (Lipinski definition) is 0. The highest BCUT2D eigenvalue weighted by Crippen LogP contribution is 2.34. The lowest BCUT2D eigenvalue weighted by atomic mass is 9.99. The molecule has 0 N–H and O–H groups in total. The van der Waals surface area contributed by atoms with E-state index >= 15 is 0 Å². The van der Waals surface area contributed by atoms with Crippen LogP contribution < -0.4 is 9.64 Å². The van der Waals surface area contributed by atoms with Gasteiger partial charge >= 0.3 is 0 Å². The van der Waals surface area contributed by atoms with Crippen molar-refractivity contribution in [2.24, 2.45) is 0 Å². The van der Waals surface area contributed by atoms with Crippen LogP contribution in [0.1, 0.15) is 11.1 Å². The van der Waals surface area contributed by atoms with Gasteiger partial charge < -0.3 is 9.64 Å². The van der Waals surface area contributed by atoms with Crippen LogP contribution in [-0.2, 0) is 22.8 Å². The Hall–Kier alpha value is -2.61. The zero-order chi connectivity index (χ0) is 18.2. The molecule has 2 aromatic carbocycles. The molecule has 0 fully saturated rings. The molecule has 8 heteroatoms. The Labute approximate surface area is 145 Å². The highest BCUT2D eigenvalue weighted by Gasteiger charge is 2.25. The molecule has 7 nitrogen and oxygen atoms in total. The SMILES string of the molecule is COc1ccc2c(c1)CN(c1ccc(S(C)(=O)=O)cc1[N+](=O)[O-])CC2. The van der Waals surface area contributed by atoms with Gasteiger partial charge in [-0.15, -0.1) is 0 Å². The second kappa shape index (κ2) is 6.36. The van der Waals surface area contributed by atoms with E-state index in [9.17, 15) is 18.5 Å². The van der Waals surface area contributed by atoms with Crippen molar-refractivity contribution in [3.05, 3.63) is 57.6 Å². The van der Waals surface area contributed by atoms with Gasteiger partial charge in [0, 0.05) is 25.4 Å². The molecule has 3 rings (SSSR count). The normalized spacial score (nSPS) is 14.1. The van der Waals surface area contributed by atoms with Crippen molar-refractivity contribution in [1.82, 2.24) is 0 Å². The summed E-state index contributed by atoms with van der Waals surface area (Å²) in [6, 6.07) is 9.90. The Bertz CT molecular complexity index is 940. The number of anilines is 1. The van der Waals surface area contributed by atoms with E-state index in [0.29, 0.717) is 18.8 Å². The van der Waals surface area contributed by atoms with Crippen LogP contribution >= 0.6 is 0 Å². The fourth-order valence-corrected chi connectivity index (χ4v) is 3.65. The van der Waals surface area contributed by atoms with Gasteiger partial charge in [-0.05, 0) is 41.8 Å². The molecule has 1 aliphatic rings. The third-order valence-corrected chi connectivity index (χ3v) is 5.45. The van der Waals surface area contributed by atoms with E-state index in [1.807, 2.05) is 23.1 Å². The zero-order valence-electron chi connectivity index (χ0n) is 13.9. The molecule has 0 atom stereocenters. The highest BCUT2D eigenvalue weighted by molar-refractivity contribution is 7.90. The maximum Gasteiger partial charge on any atom is 0.293 e. The minimum atomic E-state index is -3.50. The van der Waals surface area contributed by atoms with Gasteiger partial charge in [0.2, 0.25) is 0 Å². The number of ether oxygens (including phenoxy) is 1. The van der Waals surface area contributed by atoms with Gasteiger partial charge in [-0.2, -0.15) is 0 Å². The largest absolute Gasteiger partial charge is 0.497 e. The topological polar surface area (TPSA) is 89.8 Å². The number of hydrogen-bond acceptors (Lipinski definition) is 6. The molecule has 25 heavy (non-hydrogen) atoms. The van der Waals surface area contributed by atoms with Crippen LogP contribution in [0.25, 0.3) is 0 Å². The Kier molecular flexibility index (Phi) is 4.38. The first kappa shape index (κ1) is 17.2. The standard InChI is InChI=1S/C17H18N2O5S/c1-24-14-4-3-12-7-8-18(11-13(12)9-14)16-6-5-15(25(2,22)23)10-17(16)19(20)21/h3-6,9-10H,7-8,11H2,1-2H3. The molecule has 0 spiro atoms. The van der Waals surface area contributed by atoms with Gasteiger partial charge in [0.25, 0.3) is 5.69 Å². The van der Waals surface area contributed by atoms with Gasteiger partial charge in [0.1, 0.15) is 11.4 Å². The number of rotatable bonds is 4. The van der Waals surface area contributed by atoms with Crippen molar-refractivity contribution in [2.45, 2.75) is 17.9 Å². The number of sulfone groups is 1. The number of benzene rings is 2. The molecule has 1 aliphatic heterocycles. The number of nitro benzene ring substituents is 1. The van der Waals surface area contributed by atoms with Crippen LogP contribution in [0.3, 0.4) is 0 Å². The lowest BCUT2D eigenvalue weighted by Gasteiger charge is -2.30. The lowest BCUT2D eigenvalue weighted by molar-refractivity contribution is -0.384. The molecule has 0 aliphatic carbocycles. The van der Waals surface area contributed by atoms with Crippen LogP contribution in [0.4, 0.5) is 11.4 Å². The van der Waals surface area contributed by atoms with Crippen LogP contribution in [0.15, 0.2) is 41.3 Å². The second-order valence-corrected chi connectivity index (χ2v) is 8.00. The predicted molar refractivity (Wildman–Crippen MR) is 94.0 cm³/mol. The Morgan fingerprint density at radius 1 is 1.16 bits per heavy atom. The summed E-state index contributed by atoms with van der Waals surface area (Å²) in [6.07, 6.45) is 1.79. The van der Waals surface area contributed by atoms with Crippen LogP contribution in [-0.4, -0.2) is 33.3 Å². The van der Waals surface area contributed by atoms with Crippen molar-refractivity contribution in [3.63, 3.8) is 0 Å². The van der Waals surface area contributed by atoms with E-state index < -0.39 is 14.8 Å². The van der Waals surface area contributed by atoms with Crippen molar-refractivity contribution in [3.8, 4) is 5.75 Å². The third-order valence-electron chi connectivity index (χ3n) is 4.34. The Morgan fingerprint density at radius 3 is 2.56 bits per heavy atom. The summed E-state index contributed by atoms with van der Waals surface area (Å²) in [6.45, 7) is 1.13. The first-order chi connectivity index (χ1) is 11.8. The van der Waals surface area contributed by atoms with Crippen molar-refractivity contribution < 1.29 is 18.1 Å². The van der Waals surface area contributed by atoms with E-state index in [-0.39, 0.29) is 10.6 Å². The average molecular weight is 362 g/mol. The van der Waals surface area contributed by atoms with Crippen LogP contribution in [0.5, 0.6) is 5.75 Å². The summed E-state index contributed by atoms with van der Waals surface area (Å²) < 4.78 is 28.6. The first-order valence-corrected chi connectivity index (χ1v) is 9.58. The van der Waals surface area contributed by atoms with Crippen molar-refractivity contribution in [1.29, 1.82) is 0 Å². The minimum Gasteiger partial charge on any atom is -0.497 e. The summed E-state index contributed by atoms with van der Waals surface area (Å²) in [5, 5.41) is 11.5. The van der Waals surface area contributed by atoms with Crippen molar-refractivity contribution in [2.75, 3.05) is 24.8 Å². The fraction of sp³-hybridized carbons (Fsp3) is 0.294. The minimum absolute atomic E-state index is 0.0537. The van der Waals surface area contributed by atoms with Gasteiger partial charge in [-0.25, -0.2) is 8.42 Å². The molecule has 0 bridgehead atoms. The number of nitro groups is 1. The van der Waals surface area contributed by atoms with E-state index in [4.69, 9.17) is 4.74 Å². The molecule has 1 heterocycles. The van der Waals surface area contributed by atoms with Gasteiger partial charge in [-0.3, -0.25) is 10.1 Å². The summed E-state index contributed by atoms with van der Waals surface area (Å²) in [5.41, 5.74) is 2.46. The molecule has 132 valence electrons. The van der Waals surface area contributed by atoms with E-state index in [2.05, 4.69) is 0 Å². The van der Waals surface area contributed by atoms with Crippen LogP contribution in [0.2, 0.25) is 0 Å². The van der Waals surface area contributed by atoms with E-state index in [0.717, 1.165) is 30.1 Å². The molecule has 0 aromatic heterocycles. The van der Waals surface area contributed by atoms with Gasteiger partial charge in [0.05, 0.1) is 16.9 Å². The summed E-state index contributed by atoms with van der Waals surface area (Å²) in [7, 11) is -1.91. The molecule has 0 saturated carbocycles. The first-order valence-electron chi connectivity index (χ1n) is 7.69. The summed E-state index contributed by atoms with van der Waals surface area (Å²) >= 11 is 0.